The molecule has 2 atom stereocenters. The van der Waals surface area contributed by atoms with Crippen LogP contribution in [0.1, 0.15) is 29.6 Å². The molecule has 2 unspecified atom stereocenters. The highest BCUT2D eigenvalue weighted by molar-refractivity contribution is 6.07. The van der Waals surface area contributed by atoms with Gasteiger partial charge in [-0.1, -0.05) is 24.3 Å². The number of benzene rings is 2. The Hall–Kier alpha value is -3.26. The number of carbonyl (C=O) groups excluding carboxylic acids is 3. The highest BCUT2D eigenvalue weighted by Crippen LogP contribution is 2.28. The number of ether oxygens (including phenoxy) is 1. The second kappa shape index (κ2) is 9.26. The van der Waals surface area contributed by atoms with Crippen LogP contribution >= 0.6 is 0 Å². The molecule has 0 saturated carbocycles. The van der Waals surface area contributed by atoms with Crippen LogP contribution in [0.2, 0.25) is 0 Å². The van der Waals surface area contributed by atoms with Crippen molar-refractivity contribution in [3.05, 3.63) is 59.9 Å². The van der Waals surface area contributed by atoms with E-state index in [9.17, 15) is 18.8 Å². The molecular formula is C23H24FN3O4. The minimum absolute atomic E-state index is 0.0135. The molecule has 2 saturated heterocycles. The Morgan fingerprint density at radius 2 is 1.90 bits per heavy atom. The van der Waals surface area contributed by atoms with Gasteiger partial charge in [0.05, 0.1) is 29.0 Å². The number of anilines is 2. The SMILES string of the molecule is O=C(NCC1CCCO1)c1ccccc1NC(=O)C1CC(=O)N(c2ccccc2F)C1. The minimum atomic E-state index is -0.643. The smallest absolute Gasteiger partial charge is 0.253 e. The summed E-state index contributed by atoms with van der Waals surface area (Å²) in [7, 11) is 0. The van der Waals surface area contributed by atoms with Crippen LogP contribution in [0.3, 0.4) is 0 Å². The highest BCUT2D eigenvalue weighted by Gasteiger charge is 2.36. The zero-order chi connectivity index (χ0) is 21.8. The molecule has 2 N–H and O–H groups in total. The predicted molar refractivity (Wildman–Crippen MR) is 113 cm³/mol. The largest absolute Gasteiger partial charge is 0.376 e. The lowest BCUT2D eigenvalue weighted by molar-refractivity contribution is -0.122. The Morgan fingerprint density at radius 1 is 1.13 bits per heavy atom. The molecule has 2 aromatic rings. The molecule has 0 aliphatic carbocycles. The first-order chi connectivity index (χ1) is 15.0. The van der Waals surface area contributed by atoms with Crippen molar-refractivity contribution in [2.24, 2.45) is 5.92 Å². The molecule has 0 spiro atoms. The molecule has 2 aliphatic heterocycles. The molecule has 4 rings (SSSR count). The van der Waals surface area contributed by atoms with E-state index >= 15 is 0 Å². The Labute approximate surface area is 179 Å². The lowest BCUT2D eigenvalue weighted by atomic mass is 10.1. The van der Waals surface area contributed by atoms with E-state index in [1.165, 1.54) is 17.0 Å². The molecule has 3 amide bonds. The molecule has 162 valence electrons. The number of hydrogen-bond donors (Lipinski definition) is 2. The molecule has 2 aliphatic rings. The lowest BCUT2D eigenvalue weighted by Crippen LogP contribution is -2.33. The minimum Gasteiger partial charge on any atom is -0.376 e. The molecule has 7 nitrogen and oxygen atoms in total. The molecule has 8 heteroatoms. The van der Waals surface area contributed by atoms with Crippen molar-refractivity contribution in [1.29, 1.82) is 0 Å². The summed E-state index contributed by atoms with van der Waals surface area (Å²) >= 11 is 0. The third-order valence-corrected chi connectivity index (χ3v) is 5.58. The summed E-state index contributed by atoms with van der Waals surface area (Å²) in [4.78, 5) is 39.1. The maximum absolute atomic E-state index is 14.1. The van der Waals surface area contributed by atoms with Crippen molar-refractivity contribution < 1.29 is 23.5 Å². The third-order valence-electron chi connectivity index (χ3n) is 5.58. The second-order valence-corrected chi connectivity index (χ2v) is 7.74. The summed E-state index contributed by atoms with van der Waals surface area (Å²) < 4.78 is 19.6. The van der Waals surface area contributed by atoms with Crippen molar-refractivity contribution in [1.82, 2.24) is 5.32 Å². The first kappa shape index (κ1) is 21.0. The summed E-state index contributed by atoms with van der Waals surface area (Å²) in [6.07, 6.45) is 1.89. The normalized spacial score (nSPS) is 20.7. The van der Waals surface area contributed by atoms with Crippen LogP contribution in [0.5, 0.6) is 0 Å². The summed E-state index contributed by atoms with van der Waals surface area (Å²) in [6.45, 7) is 1.20. The average molecular weight is 425 g/mol. The number of nitrogens with zero attached hydrogens (tertiary/aromatic N) is 1. The Morgan fingerprint density at radius 3 is 2.68 bits per heavy atom. The summed E-state index contributed by atoms with van der Waals surface area (Å²) in [6, 6.07) is 12.7. The Balaban J connectivity index is 1.41. The number of nitrogens with one attached hydrogen (secondary N) is 2. The summed E-state index contributed by atoms with van der Waals surface area (Å²) in [5.41, 5.74) is 0.870. The van der Waals surface area contributed by atoms with Crippen molar-refractivity contribution in [3.63, 3.8) is 0 Å². The molecule has 0 aromatic heterocycles. The van der Waals surface area contributed by atoms with Crippen LogP contribution in [0.4, 0.5) is 15.8 Å². The number of carbonyl (C=O) groups is 3. The van der Waals surface area contributed by atoms with Crippen LogP contribution in [-0.4, -0.2) is 43.5 Å². The Kier molecular flexibility index (Phi) is 6.27. The third kappa shape index (κ3) is 4.74. The maximum atomic E-state index is 14.1. The van der Waals surface area contributed by atoms with E-state index in [4.69, 9.17) is 4.74 Å². The van der Waals surface area contributed by atoms with Crippen molar-refractivity contribution in [2.45, 2.75) is 25.4 Å². The van der Waals surface area contributed by atoms with Gasteiger partial charge in [-0.3, -0.25) is 14.4 Å². The lowest BCUT2D eigenvalue weighted by Gasteiger charge is -2.18. The van der Waals surface area contributed by atoms with Gasteiger partial charge in [0.15, 0.2) is 0 Å². The molecule has 0 radical (unpaired) electrons. The number of rotatable bonds is 6. The van der Waals surface area contributed by atoms with Gasteiger partial charge in [0.25, 0.3) is 5.91 Å². The van der Waals surface area contributed by atoms with Crippen molar-refractivity contribution in [2.75, 3.05) is 29.9 Å². The molecule has 0 bridgehead atoms. The Bertz CT molecular complexity index is 990. The molecule has 2 heterocycles. The van der Waals surface area contributed by atoms with E-state index in [-0.39, 0.29) is 42.5 Å². The van der Waals surface area contributed by atoms with Gasteiger partial charge in [0.1, 0.15) is 5.82 Å². The fourth-order valence-electron chi connectivity index (χ4n) is 3.92. The van der Waals surface area contributed by atoms with Crippen LogP contribution in [0, 0.1) is 11.7 Å². The number of para-hydroxylation sites is 2. The number of hydrogen-bond acceptors (Lipinski definition) is 4. The van der Waals surface area contributed by atoms with E-state index in [2.05, 4.69) is 10.6 Å². The molecule has 2 fully saturated rings. The van der Waals surface area contributed by atoms with Gasteiger partial charge in [-0.05, 0) is 37.1 Å². The van der Waals surface area contributed by atoms with Crippen molar-refractivity contribution >= 4 is 29.1 Å². The molecular weight excluding hydrogens is 401 g/mol. The van der Waals surface area contributed by atoms with Crippen LogP contribution in [0.15, 0.2) is 48.5 Å². The zero-order valence-electron chi connectivity index (χ0n) is 17.0. The van der Waals surface area contributed by atoms with Gasteiger partial charge < -0.3 is 20.3 Å². The zero-order valence-corrected chi connectivity index (χ0v) is 17.0. The van der Waals surface area contributed by atoms with Crippen LogP contribution in [-0.2, 0) is 14.3 Å². The van der Waals surface area contributed by atoms with Crippen LogP contribution in [0.25, 0.3) is 0 Å². The fourth-order valence-corrected chi connectivity index (χ4v) is 3.92. The first-order valence-corrected chi connectivity index (χ1v) is 10.4. The summed E-state index contributed by atoms with van der Waals surface area (Å²) in [5.74, 6) is -2.15. The standard InChI is InChI=1S/C23H24FN3O4/c24-18-8-2-4-10-20(18)27-14-15(12-21(27)28)22(29)26-19-9-3-1-7-17(19)23(30)25-13-16-6-5-11-31-16/h1-4,7-10,15-16H,5-6,11-14H2,(H,25,30)(H,26,29). The fraction of sp³-hybridized carbons (Fsp3) is 0.348. The van der Waals surface area contributed by atoms with E-state index in [0.29, 0.717) is 24.4 Å². The maximum Gasteiger partial charge on any atom is 0.253 e. The van der Waals surface area contributed by atoms with Crippen LogP contribution < -0.4 is 15.5 Å². The molecule has 31 heavy (non-hydrogen) atoms. The van der Waals surface area contributed by atoms with E-state index < -0.39 is 11.7 Å². The van der Waals surface area contributed by atoms with Gasteiger partial charge in [-0.2, -0.15) is 0 Å². The average Bonchev–Trinajstić information content (AvgIpc) is 3.42. The highest BCUT2D eigenvalue weighted by atomic mass is 19.1. The van der Waals surface area contributed by atoms with Gasteiger partial charge in [-0.25, -0.2) is 4.39 Å². The van der Waals surface area contributed by atoms with Gasteiger partial charge >= 0.3 is 0 Å². The first-order valence-electron chi connectivity index (χ1n) is 10.4. The number of amides is 3. The van der Waals surface area contributed by atoms with E-state index in [1.807, 2.05) is 0 Å². The van der Waals surface area contributed by atoms with Gasteiger partial charge in [-0.15, -0.1) is 0 Å². The monoisotopic (exact) mass is 425 g/mol. The second-order valence-electron chi connectivity index (χ2n) is 7.74. The topological polar surface area (TPSA) is 87.7 Å². The number of halogens is 1. The van der Waals surface area contributed by atoms with E-state index in [0.717, 1.165) is 12.8 Å². The van der Waals surface area contributed by atoms with Gasteiger partial charge in [0, 0.05) is 26.1 Å². The summed E-state index contributed by atoms with van der Waals surface area (Å²) in [5, 5.41) is 5.61. The van der Waals surface area contributed by atoms with E-state index in [1.54, 1.807) is 36.4 Å². The predicted octanol–water partition coefficient (Wildman–Crippen LogP) is 2.73. The van der Waals surface area contributed by atoms with Crippen molar-refractivity contribution in [3.8, 4) is 0 Å². The molecule has 2 aromatic carbocycles. The van der Waals surface area contributed by atoms with Gasteiger partial charge in [0.2, 0.25) is 11.8 Å². The quantitative estimate of drug-likeness (QED) is 0.745.